The highest BCUT2D eigenvalue weighted by Crippen LogP contribution is 2.30. The monoisotopic (exact) mass is 261 g/mol. The van der Waals surface area contributed by atoms with E-state index in [0.29, 0.717) is 0 Å². The van der Waals surface area contributed by atoms with E-state index in [-0.39, 0.29) is 6.10 Å². The van der Waals surface area contributed by atoms with Crippen molar-refractivity contribution >= 4 is 5.69 Å². The van der Waals surface area contributed by atoms with Crippen LogP contribution in [0.25, 0.3) is 0 Å². The average molecular weight is 261 g/mol. The van der Waals surface area contributed by atoms with Crippen molar-refractivity contribution in [1.82, 2.24) is 0 Å². The second-order valence-electron chi connectivity index (χ2n) is 5.81. The van der Waals surface area contributed by atoms with Gasteiger partial charge in [0.1, 0.15) is 0 Å². The van der Waals surface area contributed by atoms with Crippen LogP contribution >= 0.6 is 0 Å². The molecule has 1 aromatic rings. The van der Waals surface area contributed by atoms with Crippen LogP contribution in [0.5, 0.6) is 0 Å². The molecule has 1 fully saturated rings. The summed E-state index contributed by atoms with van der Waals surface area (Å²) < 4.78 is 0. The normalized spacial score (nSPS) is 22.1. The number of rotatable bonds is 4. The molecule has 0 aliphatic carbocycles. The first-order valence-corrected chi connectivity index (χ1v) is 7.74. The predicted octanol–water partition coefficient (Wildman–Crippen LogP) is 4.15. The summed E-state index contributed by atoms with van der Waals surface area (Å²) in [6, 6.07) is 8.30. The van der Waals surface area contributed by atoms with Crippen LogP contribution < -0.4 is 4.90 Å². The van der Waals surface area contributed by atoms with Crippen molar-refractivity contribution in [2.45, 2.75) is 52.1 Å². The zero-order chi connectivity index (χ0) is 13.7. The fourth-order valence-corrected chi connectivity index (χ4v) is 3.23. The van der Waals surface area contributed by atoms with Crippen molar-refractivity contribution < 1.29 is 5.11 Å². The average Bonchev–Trinajstić information content (AvgIpc) is 2.65. The highest BCUT2D eigenvalue weighted by molar-refractivity contribution is 5.54. The molecule has 0 amide bonds. The lowest BCUT2D eigenvalue weighted by Crippen LogP contribution is -2.25. The van der Waals surface area contributed by atoms with Gasteiger partial charge in [0.2, 0.25) is 0 Å². The fraction of sp³-hybridized carbons (Fsp3) is 0.647. The summed E-state index contributed by atoms with van der Waals surface area (Å²) in [5, 5.41) is 9.92. The van der Waals surface area contributed by atoms with Gasteiger partial charge in [0.15, 0.2) is 0 Å². The molecular weight excluding hydrogens is 234 g/mol. The number of hydrogen-bond acceptors (Lipinski definition) is 2. The SMILES string of the molecule is CCCC1CCCN(c2ccccc2C(C)O)CC1. The van der Waals surface area contributed by atoms with Crippen molar-refractivity contribution in [3.8, 4) is 0 Å². The third-order valence-electron chi connectivity index (χ3n) is 4.27. The van der Waals surface area contributed by atoms with Gasteiger partial charge in [0.05, 0.1) is 6.10 Å². The minimum Gasteiger partial charge on any atom is -0.389 e. The van der Waals surface area contributed by atoms with Gasteiger partial charge in [-0.2, -0.15) is 0 Å². The molecule has 0 radical (unpaired) electrons. The lowest BCUT2D eigenvalue weighted by molar-refractivity contribution is 0.199. The van der Waals surface area contributed by atoms with Gasteiger partial charge >= 0.3 is 0 Å². The lowest BCUT2D eigenvalue weighted by atomic mass is 9.96. The van der Waals surface area contributed by atoms with Crippen LogP contribution in [0.2, 0.25) is 0 Å². The van der Waals surface area contributed by atoms with Gasteiger partial charge in [-0.3, -0.25) is 0 Å². The Bertz CT molecular complexity index is 389. The fourth-order valence-electron chi connectivity index (χ4n) is 3.23. The Balaban J connectivity index is 2.10. The molecule has 2 rings (SSSR count). The third kappa shape index (κ3) is 3.73. The molecule has 19 heavy (non-hydrogen) atoms. The molecule has 2 atom stereocenters. The van der Waals surface area contributed by atoms with E-state index in [1.54, 1.807) is 0 Å². The van der Waals surface area contributed by atoms with E-state index < -0.39 is 0 Å². The summed E-state index contributed by atoms with van der Waals surface area (Å²) >= 11 is 0. The van der Waals surface area contributed by atoms with E-state index in [1.165, 1.54) is 37.8 Å². The molecule has 0 aromatic heterocycles. The van der Waals surface area contributed by atoms with E-state index in [2.05, 4.69) is 30.0 Å². The molecule has 2 nitrogen and oxygen atoms in total. The van der Waals surface area contributed by atoms with Gasteiger partial charge in [0.25, 0.3) is 0 Å². The summed E-state index contributed by atoms with van der Waals surface area (Å²) in [7, 11) is 0. The smallest absolute Gasteiger partial charge is 0.0781 e. The molecule has 0 bridgehead atoms. The highest BCUT2D eigenvalue weighted by Gasteiger charge is 2.19. The predicted molar refractivity (Wildman–Crippen MR) is 81.5 cm³/mol. The number of hydrogen-bond donors (Lipinski definition) is 1. The third-order valence-corrected chi connectivity index (χ3v) is 4.27. The van der Waals surface area contributed by atoms with Crippen molar-refractivity contribution in [1.29, 1.82) is 0 Å². The van der Waals surface area contributed by atoms with Crippen LogP contribution in [0.15, 0.2) is 24.3 Å². The maximum atomic E-state index is 9.92. The highest BCUT2D eigenvalue weighted by atomic mass is 16.3. The Hall–Kier alpha value is -1.02. The summed E-state index contributed by atoms with van der Waals surface area (Å²) in [6.45, 7) is 6.40. The van der Waals surface area contributed by atoms with Crippen molar-refractivity contribution in [2.75, 3.05) is 18.0 Å². The largest absolute Gasteiger partial charge is 0.389 e. The zero-order valence-electron chi connectivity index (χ0n) is 12.3. The van der Waals surface area contributed by atoms with Crippen molar-refractivity contribution in [2.24, 2.45) is 5.92 Å². The molecule has 1 aliphatic rings. The van der Waals surface area contributed by atoms with Gasteiger partial charge < -0.3 is 10.0 Å². The number of anilines is 1. The van der Waals surface area contributed by atoms with Gasteiger partial charge in [0, 0.05) is 24.3 Å². The molecule has 106 valence electrons. The van der Waals surface area contributed by atoms with Gasteiger partial charge in [-0.05, 0) is 38.2 Å². The van der Waals surface area contributed by atoms with Crippen molar-refractivity contribution in [3.63, 3.8) is 0 Å². The molecule has 1 aromatic carbocycles. The number of aliphatic hydroxyl groups is 1. The number of aliphatic hydroxyl groups excluding tert-OH is 1. The molecule has 2 unspecified atom stereocenters. The maximum absolute atomic E-state index is 9.92. The van der Waals surface area contributed by atoms with E-state index in [1.807, 2.05) is 13.0 Å². The Morgan fingerprint density at radius 2 is 2.05 bits per heavy atom. The summed E-state index contributed by atoms with van der Waals surface area (Å²) in [5.41, 5.74) is 2.30. The van der Waals surface area contributed by atoms with Gasteiger partial charge in [-0.1, -0.05) is 38.0 Å². The second-order valence-corrected chi connectivity index (χ2v) is 5.81. The molecule has 1 heterocycles. The van der Waals surface area contributed by atoms with E-state index in [0.717, 1.165) is 24.6 Å². The Morgan fingerprint density at radius 1 is 1.26 bits per heavy atom. The molecule has 1 N–H and O–H groups in total. The first-order chi connectivity index (χ1) is 9.22. The lowest BCUT2D eigenvalue weighted by Gasteiger charge is -2.26. The quantitative estimate of drug-likeness (QED) is 0.880. The van der Waals surface area contributed by atoms with E-state index >= 15 is 0 Å². The minimum atomic E-state index is -0.383. The Labute approximate surface area is 117 Å². The van der Waals surface area contributed by atoms with Crippen molar-refractivity contribution in [3.05, 3.63) is 29.8 Å². The maximum Gasteiger partial charge on any atom is 0.0781 e. The van der Waals surface area contributed by atoms with Crippen LogP contribution in [-0.4, -0.2) is 18.2 Å². The molecule has 0 saturated carbocycles. The summed E-state index contributed by atoms with van der Waals surface area (Å²) in [4.78, 5) is 2.47. The zero-order valence-corrected chi connectivity index (χ0v) is 12.3. The second kappa shape index (κ2) is 6.95. The van der Waals surface area contributed by atoms with Crippen LogP contribution in [0.4, 0.5) is 5.69 Å². The summed E-state index contributed by atoms with van der Waals surface area (Å²) in [6.07, 6.45) is 6.22. The number of benzene rings is 1. The van der Waals surface area contributed by atoms with Crippen LogP contribution in [0.1, 0.15) is 57.6 Å². The molecule has 1 aliphatic heterocycles. The van der Waals surface area contributed by atoms with E-state index in [9.17, 15) is 5.11 Å². The minimum absolute atomic E-state index is 0.383. The number of nitrogens with zero attached hydrogens (tertiary/aromatic N) is 1. The van der Waals surface area contributed by atoms with E-state index in [4.69, 9.17) is 0 Å². The van der Waals surface area contributed by atoms with Crippen LogP contribution in [0, 0.1) is 5.92 Å². The molecule has 1 saturated heterocycles. The Morgan fingerprint density at radius 3 is 2.79 bits per heavy atom. The van der Waals surface area contributed by atoms with Crippen LogP contribution in [-0.2, 0) is 0 Å². The standard InChI is InChI=1S/C17H27NO/c1-3-7-15-8-6-12-18(13-11-15)17-10-5-4-9-16(17)14(2)19/h4-5,9-10,14-15,19H,3,6-8,11-13H2,1-2H3. The summed E-state index contributed by atoms with van der Waals surface area (Å²) in [5.74, 6) is 0.897. The topological polar surface area (TPSA) is 23.5 Å². The molecular formula is C17H27NO. The molecule has 0 spiro atoms. The first kappa shape index (κ1) is 14.4. The van der Waals surface area contributed by atoms with Gasteiger partial charge in [-0.25, -0.2) is 0 Å². The molecule has 2 heteroatoms. The first-order valence-electron chi connectivity index (χ1n) is 7.74. The number of para-hydroxylation sites is 1. The Kier molecular flexibility index (Phi) is 5.26. The van der Waals surface area contributed by atoms with Crippen LogP contribution in [0.3, 0.4) is 0 Å². The van der Waals surface area contributed by atoms with Gasteiger partial charge in [-0.15, -0.1) is 0 Å².